The van der Waals surface area contributed by atoms with E-state index >= 15 is 0 Å². The lowest BCUT2D eigenvalue weighted by Crippen LogP contribution is -2.24. The van der Waals surface area contributed by atoms with Crippen LogP contribution in [-0.2, 0) is 0 Å². The molecule has 2 rings (SSSR count). The van der Waals surface area contributed by atoms with Crippen molar-refractivity contribution >= 4 is 0 Å². The van der Waals surface area contributed by atoms with Crippen molar-refractivity contribution in [2.24, 2.45) is 5.92 Å². The highest BCUT2D eigenvalue weighted by molar-refractivity contribution is 5.20. The first-order valence-corrected chi connectivity index (χ1v) is 6.03. The number of benzene rings is 1. The van der Waals surface area contributed by atoms with Gasteiger partial charge < -0.3 is 4.90 Å². The van der Waals surface area contributed by atoms with E-state index in [0.717, 1.165) is 11.8 Å². The highest BCUT2D eigenvalue weighted by atomic mass is 15.1. The second-order valence-electron chi connectivity index (χ2n) is 5.05. The summed E-state index contributed by atoms with van der Waals surface area (Å²) in [5.74, 6) is 1.56. The fourth-order valence-corrected chi connectivity index (χ4v) is 2.51. The summed E-state index contributed by atoms with van der Waals surface area (Å²) >= 11 is 0. The van der Waals surface area contributed by atoms with E-state index in [1.165, 1.54) is 31.6 Å². The van der Waals surface area contributed by atoms with Gasteiger partial charge in [-0.1, -0.05) is 44.2 Å². The Labute approximate surface area is 93.1 Å². The maximum absolute atomic E-state index is 2.60. The molecule has 0 amide bonds. The minimum absolute atomic E-state index is 0.768. The average molecular weight is 203 g/mol. The van der Waals surface area contributed by atoms with Gasteiger partial charge in [-0.3, -0.25) is 0 Å². The molecule has 0 saturated carbocycles. The van der Waals surface area contributed by atoms with Gasteiger partial charge in [-0.15, -0.1) is 0 Å². The molecule has 0 spiro atoms. The summed E-state index contributed by atoms with van der Waals surface area (Å²) in [5, 5.41) is 0. The van der Waals surface area contributed by atoms with Crippen molar-refractivity contribution in [3.63, 3.8) is 0 Å². The summed E-state index contributed by atoms with van der Waals surface area (Å²) in [7, 11) is 0. The molecule has 1 saturated heterocycles. The molecule has 0 aliphatic carbocycles. The van der Waals surface area contributed by atoms with Crippen LogP contribution in [-0.4, -0.2) is 24.5 Å². The number of hydrogen-bond donors (Lipinski definition) is 0. The zero-order chi connectivity index (χ0) is 10.7. The molecule has 0 bridgehead atoms. The van der Waals surface area contributed by atoms with Crippen LogP contribution in [0, 0.1) is 5.92 Å². The number of rotatable bonds is 3. The Morgan fingerprint density at radius 3 is 2.67 bits per heavy atom. The van der Waals surface area contributed by atoms with Crippen molar-refractivity contribution in [2.75, 3.05) is 19.6 Å². The van der Waals surface area contributed by atoms with Crippen LogP contribution in [0.15, 0.2) is 30.3 Å². The second kappa shape index (κ2) is 4.80. The Morgan fingerprint density at radius 2 is 2.00 bits per heavy atom. The number of hydrogen-bond acceptors (Lipinski definition) is 1. The molecule has 1 atom stereocenters. The largest absolute Gasteiger partial charge is 0.302 e. The zero-order valence-electron chi connectivity index (χ0n) is 9.82. The molecule has 1 nitrogen and oxygen atoms in total. The number of nitrogens with zero attached hydrogens (tertiary/aromatic N) is 1. The van der Waals surface area contributed by atoms with Crippen LogP contribution in [0.25, 0.3) is 0 Å². The maximum Gasteiger partial charge on any atom is 0.00509 e. The molecular weight excluding hydrogens is 182 g/mol. The minimum atomic E-state index is 0.768. The second-order valence-corrected chi connectivity index (χ2v) is 5.05. The summed E-state index contributed by atoms with van der Waals surface area (Å²) < 4.78 is 0. The van der Waals surface area contributed by atoms with Crippen LogP contribution in [0.2, 0.25) is 0 Å². The molecule has 1 heterocycles. The summed E-state index contributed by atoms with van der Waals surface area (Å²) in [5.41, 5.74) is 1.52. The normalized spacial score (nSPS) is 22.5. The molecule has 1 heteroatoms. The van der Waals surface area contributed by atoms with Gasteiger partial charge in [0.2, 0.25) is 0 Å². The third-order valence-corrected chi connectivity index (χ3v) is 3.17. The average Bonchev–Trinajstić information content (AvgIpc) is 2.67. The predicted octanol–water partition coefficient (Wildman–Crippen LogP) is 3.13. The first-order chi connectivity index (χ1) is 7.25. The van der Waals surface area contributed by atoms with E-state index in [2.05, 4.69) is 49.1 Å². The van der Waals surface area contributed by atoms with Crippen molar-refractivity contribution in [2.45, 2.75) is 26.2 Å². The number of likely N-dealkylation sites (tertiary alicyclic amines) is 1. The Bertz CT molecular complexity index is 291. The Kier molecular flexibility index (Phi) is 3.42. The highest BCUT2D eigenvalue weighted by Crippen LogP contribution is 2.27. The van der Waals surface area contributed by atoms with Crippen LogP contribution < -0.4 is 0 Å². The lowest BCUT2D eigenvalue weighted by atomic mass is 9.99. The molecule has 1 aliphatic rings. The minimum Gasteiger partial charge on any atom is -0.302 e. The molecule has 1 fully saturated rings. The van der Waals surface area contributed by atoms with Gasteiger partial charge in [0.05, 0.1) is 0 Å². The molecule has 1 aliphatic heterocycles. The smallest absolute Gasteiger partial charge is 0.00509 e. The summed E-state index contributed by atoms with van der Waals surface area (Å²) in [6, 6.07) is 10.9. The molecule has 15 heavy (non-hydrogen) atoms. The Hall–Kier alpha value is -0.820. The molecule has 1 unspecified atom stereocenters. The van der Waals surface area contributed by atoms with E-state index in [0.29, 0.717) is 0 Å². The monoisotopic (exact) mass is 203 g/mol. The van der Waals surface area contributed by atoms with Crippen LogP contribution in [0.5, 0.6) is 0 Å². The fourth-order valence-electron chi connectivity index (χ4n) is 2.51. The molecule has 1 aromatic carbocycles. The maximum atomic E-state index is 2.60. The molecule has 0 N–H and O–H groups in total. The van der Waals surface area contributed by atoms with E-state index in [1.807, 2.05) is 0 Å². The lowest BCUT2D eigenvalue weighted by molar-refractivity contribution is 0.295. The Balaban J connectivity index is 1.93. The van der Waals surface area contributed by atoms with Gasteiger partial charge >= 0.3 is 0 Å². The van der Waals surface area contributed by atoms with Crippen molar-refractivity contribution in [1.82, 2.24) is 4.90 Å². The standard InChI is InChI=1S/C14H21N/c1-12(2)10-15-9-8-14(11-15)13-6-4-3-5-7-13/h3-7,12,14H,8-11H2,1-2H3. The van der Waals surface area contributed by atoms with Gasteiger partial charge in [0.15, 0.2) is 0 Å². The molecular formula is C14H21N. The third kappa shape index (κ3) is 2.82. The van der Waals surface area contributed by atoms with E-state index in [1.54, 1.807) is 0 Å². The van der Waals surface area contributed by atoms with E-state index in [-0.39, 0.29) is 0 Å². The van der Waals surface area contributed by atoms with E-state index in [4.69, 9.17) is 0 Å². The van der Waals surface area contributed by atoms with Gasteiger partial charge in [0.25, 0.3) is 0 Å². The van der Waals surface area contributed by atoms with Gasteiger partial charge in [-0.05, 0) is 30.4 Å². The first-order valence-electron chi connectivity index (χ1n) is 6.03. The molecule has 1 aromatic rings. The SMILES string of the molecule is CC(C)CN1CCC(c2ccccc2)C1. The molecule has 82 valence electrons. The van der Waals surface area contributed by atoms with E-state index < -0.39 is 0 Å². The lowest BCUT2D eigenvalue weighted by Gasteiger charge is -2.18. The van der Waals surface area contributed by atoms with Crippen LogP contribution in [0.1, 0.15) is 31.7 Å². The quantitative estimate of drug-likeness (QED) is 0.729. The van der Waals surface area contributed by atoms with Crippen LogP contribution in [0.3, 0.4) is 0 Å². The predicted molar refractivity (Wildman–Crippen MR) is 65.1 cm³/mol. The topological polar surface area (TPSA) is 3.24 Å². The fraction of sp³-hybridized carbons (Fsp3) is 0.571. The first kappa shape index (κ1) is 10.7. The van der Waals surface area contributed by atoms with Gasteiger partial charge in [0.1, 0.15) is 0 Å². The van der Waals surface area contributed by atoms with Gasteiger partial charge in [-0.2, -0.15) is 0 Å². The summed E-state index contributed by atoms with van der Waals surface area (Å²) in [6.07, 6.45) is 1.33. The van der Waals surface area contributed by atoms with E-state index in [9.17, 15) is 0 Å². The van der Waals surface area contributed by atoms with Gasteiger partial charge in [0, 0.05) is 13.1 Å². The zero-order valence-corrected chi connectivity index (χ0v) is 9.82. The van der Waals surface area contributed by atoms with Gasteiger partial charge in [-0.25, -0.2) is 0 Å². The third-order valence-electron chi connectivity index (χ3n) is 3.17. The van der Waals surface area contributed by atoms with Crippen molar-refractivity contribution in [1.29, 1.82) is 0 Å². The molecule has 0 aromatic heterocycles. The van der Waals surface area contributed by atoms with Crippen molar-refractivity contribution in [3.05, 3.63) is 35.9 Å². The van der Waals surface area contributed by atoms with Crippen LogP contribution in [0.4, 0.5) is 0 Å². The summed E-state index contributed by atoms with van der Waals surface area (Å²) in [4.78, 5) is 2.60. The summed E-state index contributed by atoms with van der Waals surface area (Å²) in [6.45, 7) is 8.38. The Morgan fingerprint density at radius 1 is 1.27 bits per heavy atom. The van der Waals surface area contributed by atoms with Crippen molar-refractivity contribution in [3.8, 4) is 0 Å². The van der Waals surface area contributed by atoms with Crippen molar-refractivity contribution < 1.29 is 0 Å². The highest BCUT2D eigenvalue weighted by Gasteiger charge is 2.23. The molecule has 0 radical (unpaired) electrons. The van der Waals surface area contributed by atoms with Crippen LogP contribution >= 0.6 is 0 Å².